The maximum absolute atomic E-state index is 12.5. The van der Waals surface area contributed by atoms with Gasteiger partial charge in [-0.3, -0.25) is 4.79 Å². The van der Waals surface area contributed by atoms with Gasteiger partial charge in [-0.15, -0.1) is 0 Å². The second kappa shape index (κ2) is 5.12. The van der Waals surface area contributed by atoms with Crippen LogP contribution in [0.25, 0.3) is 0 Å². The molecular weight excluding hydrogens is 250 g/mol. The lowest BCUT2D eigenvalue weighted by atomic mass is 9.75. The summed E-state index contributed by atoms with van der Waals surface area (Å²) < 4.78 is 5.50. The summed E-state index contributed by atoms with van der Waals surface area (Å²) in [5, 5.41) is 0. The Bertz CT molecular complexity index is 526. The van der Waals surface area contributed by atoms with Gasteiger partial charge in [-0.05, 0) is 36.5 Å². The van der Waals surface area contributed by atoms with Crippen molar-refractivity contribution in [3.8, 4) is 5.75 Å². The Kier molecular flexibility index (Phi) is 3.45. The zero-order chi connectivity index (χ0) is 14.3. The summed E-state index contributed by atoms with van der Waals surface area (Å²) in [6.07, 6.45) is 3.11. The first-order chi connectivity index (χ1) is 9.69. The average Bonchev–Trinajstić information content (AvgIpc) is 2.72. The molecule has 3 heteroatoms. The Labute approximate surface area is 120 Å². The molecule has 0 spiro atoms. The standard InChI is InChI=1S/C17H23NO2/c1-4-10-18-14-9-8-12-13(6-5-7-15(12)20-3)16(14)11(2)17(18)19/h5-7,11,14,16H,4,8-10H2,1-3H3. The van der Waals surface area contributed by atoms with Gasteiger partial charge in [0.05, 0.1) is 7.11 Å². The van der Waals surface area contributed by atoms with E-state index < -0.39 is 0 Å². The lowest BCUT2D eigenvalue weighted by Crippen LogP contribution is -2.37. The largest absolute Gasteiger partial charge is 0.496 e. The number of amides is 1. The summed E-state index contributed by atoms with van der Waals surface area (Å²) in [4.78, 5) is 14.6. The second-order valence-corrected chi connectivity index (χ2v) is 5.98. The van der Waals surface area contributed by atoms with Gasteiger partial charge >= 0.3 is 0 Å². The highest BCUT2D eigenvalue weighted by atomic mass is 16.5. The fourth-order valence-electron chi connectivity index (χ4n) is 4.08. The molecule has 0 N–H and O–H groups in total. The van der Waals surface area contributed by atoms with Crippen LogP contribution in [-0.4, -0.2) is 30.5 Å². The molecule has 3 unspecified atom stereocenters. The van der Waals surface area contributed by atoms with E-state index in [1.165, 1.54) is 11.1 Å². The van der Waals surface area contributed by atoms with Crippen LogP contribution in [-0.2, 0) is 11.2 Å². The van der Waals surface area contributed by atoms with Crippen LogP contribution in [0.2, 0.25) is 0 Å². The average molecular weight is 273 g/mol. The van der Waals surface area contributed by atoms with Gasteiger partial charge in [0.25, 0.3) is 0 Å². The van der Waals surface area contributed by atoms with E-state index in [0.717, 1.165) is 31.6 Å². The minimum absolute atomic E-state index is 0.0951. The van der Waals surface area contributed by atoms with Crippen LogP contribution >= 0.6 is 0 Å². The molecule has 1 saturated heterocycles. The number of carbonyl (C=O) groups excluding carboxylic acids is 1. The van der Waals surface area contributed by atoms with Crippen LogP contribution in [0, 0.1) is 5.92 Å². The molecule has 0 bridgehead atoms. The Hall–Kier alpha value is -1.51. The summed E-state index contributed by atoms with van der Waals surface area (Å²) in [7, 11) is 1.73. The van der Waals surface area contributed by atoms with E-state index in [1.54, 1.807) is 7.11 Å². The highest BCUT2D eigenvalue weighted by Gasteiger charge is 2.48. The normalized spacial score (nSPS) is 28.2. The molecule has 1 aromatic carbocycles. The Morgan fingerprint density at radius 2 is 2.20 bits per heavy atom. The molecule has 1 aliphatic heterocycles. The van der Waals surface area contributed by atoms with Gasteiger partial charge in [-0.25, -0.2) is 0 Å². The maximum atomic E-state index is 12.5. The third-order valence-corrected chi connectivity index (χ3v) is 4.93. The van der Waals surface area contributed by atoms with Crippen molar-refractivity contribution < 1.29 is 9.53 Å². The Balaban J connectivity index is 2.03. The number of fused-ring (bicyclic) bond motifs is 3. The number of nitrogens with zero attached hydrogens (tertiary/aromatic N) is 1. The summed E-state index contributed by atoms with van der Waals surface area (Å²) in [6, 6.07) is 6.66. The smallest absolute Gasteiger partial charge is 0.226 e. The predicted molar refractivity (Wildman–Crippen MR) is 79.0 cm³/mol. The molecule has 20 heavy (non-hydrogen) atoms. The van der Waals surface area contributed by atoms with Gasteiger partial charge in [-0.2, -0.15) is 0 Å². The van der Waals surface area contributed by atoms with Crippen LogP contribution in [0.15, 0.2) is 18.2 Å². The van der Waals surface area contributed by atoms with Crippen molar-refractivity contribution >= 4 is 5.91 Å². The van der Waals surface area contributed by atoms with Crippen molar-refractivity contribution in [2.75, 3.05) is 13.7 Å². The van der Waals surface area contributed by atoms with E-state index in [0.29, 0.717) is 17.9 Å². The molecule has 1 fully saturated rings. The van der Waals surface area contributed by atoms with E-state index >= 15 is 0 Å². The first kappa shape index (κ1) is 13.5. The van der Waals surface area contributed by atoms with Crippen LogP contribution in [0.1, 0.15) is 43.7 Å². The minimum atomic E-state index is 0.0951. The third kappa shape index (κ3) is 1.83. The summed E-state index contributed by atoms with van der Waals surface area (Å²) in [6.45, 7) is 5.12. The summed E-state index contributed by atoms with van der Waals surface area (Å²) in [5.74, 6) is 1.75. The molecule has 1 aromatic rings. The molecule has 3 rings (SSSR count). The van der Waals surface area contributed by atoms with Gasteiger partial charge < -0.3 is 9.64 Å². The van der Waals surface area contributed by atoms with Crippen molar-refractivity contribution in [3.63, 3.8) is 0 Å². The zero-order valence-corrected chi connectivity index (χ0v) is 12.6. The number of hydrogen-bond acceptors (Lipinski definition) is 2. The number of benzene rings is 1. The molecule has 0 aromatic heterocycles. The first-order valence-corrected chi connectivity index (χ1v) is 7.65. The molecule has 108 valence electrons. The number of hydrogen-bond donors (Lipinski definition) is 0. The topological polar surface area (TPSA) is 29.5 Å². The maximum Gasteiger partial charge on any atom is 0.226 e. The van der Waals surface area contributed by atoms with Crippen LogP contribution in [0.4, 0.5) is 0 Å². The minimum Gasteiger partial charge on any atom is -0.496 e. The van der Waals surface area contributed by atoms with Crippen molar-refractivity contribution in [2.45, 2.75) is 45.1 Å². The summed E-state index contributed by atoms with van der Waals surface area (Å²) in [5.41, 5.74) is 2.65. The number of rotatable bonds is 3. The molecule has 1 aliphatic carbocycles. The molecule has 3 nitrogen and oxygen atoms in total. The van der Waals surface area contributed by atoms with E-state index in [-0.39, 0.29) is 5.92 Å². The van der Waals surface area contributed by atoms with Crippen molar-refractivity contribution in [1.29, 1.82) is 0 Å². The van der Waals surface area contributed by atoms with Crippen molar-refractivity contribution in [1.82, 2.24) is 4.90 Å². The zero-order valence-electron chi connectivity index (χ0n) is 12.6. The van der Waals surface area contributed by atoms with Gasteiger partial charge in [0.1, 0.15) is 5.75 Å². The van der Waals surface area contributed by atoms with Gasteiger partial charge in [0, 0.05) is 24.4 Å². The Morgan fingerprint density at radius 1 is 1.40 bits per heavy atom. The fourth-order valence-corrected chi connectivity index (χ4v) is 4.08. The highest BCUT2D eigenvalue weighted by Crippen LogP contribution is 2.47. The SMILES string of the molecule is CCCN1C(=O)C(C)C2c3cccc(OC)c3CCC21. The van der Waals surface area contributed by atoms with Crippen molar-refractivity contribution in [3.05, 3.63) is 29.3 Å². The molecule has 2 aliphatic rings. The fraction of sp³-hybridized carbons (Fsp3) is 0.588. The third-order valence-electron chi connectivity index (χ3n) is 4.93. The van der Waals surface area contributed by atoms with Crippen LogP contribution < -0.4 is 4.74 Å². The quantitative estimate of drug-likeness (QED) is 0.847. The lowest BCUT2D eigenvalue weighted by molar-refractivity contribution is -0.131. The number of carbonyl (C=O) groups is 1. The number of ether oxygens (including phenoxy) is 1. The molecular formula is C17H23NO2. The van der Waals surface area contributed by atoms with Crippen LogP contribution in [0.3, 0.4) is 0 Å². The van der Waals surface area contributed by atoms with E-state index in [2.05, 4.69) is 30.9 Å². The summed E-state index contributed by atoms with van der Waals surface area (Å²) >= 11 is 0. The Morgan fingerprint density at radius 3 is 2.90 bits per heavy atom. The molecule has 0 saturated carbocycles. The number of methoxy groups -OCH3 is 1. The molecule has 3 atom stereocenters. The molecule has 1 amide bonds. The van der Waals surface area contributed by atoms with Crippen LogP contribution in [0.5, 0.6) is 5.75 Å². The molecule has 1 heterocycles. The van der Waals surface area contributed by atoms with E-state index in [4.69, 9.17) is 4.74 Å². The monoisotopic (exact) mass is 273 g/mol. The lowest BCUT2D eigenvalue weighted by Gasteiger charge is -2.34. The van der Waals surface area contributed by atoms with Gasteiger partial charge in [0.2, 0.25) is 5.91 Å². The van der Waals surface area contributed by atoms with E-state index in [1.807, 2.05) is 6.07 Å². The highest BCUT2D eigenvalue weighted by molar-refractivity contribution is 5.83. The van der Waals surface area contributed by atoms with E-state index in [9.17, 15) is 4.79 Å². The first-order valence-electron chi connectivity index (χ1n) is 7.65. The van der Waals surface area contributed by atoms with Crippen molar-refractivity contribution in [2.24, 2.45) is 5.92 Å². The molecule has 0 radical (unpaired) electrons. The second-order valence-electron chi connectivity index (χ2n) is 5.98. The number of likely N-dealkylation sites (tertiary alicyclic amines) is 1. The van der Waals surface area contributed by atoms with Gasteiger partial charge in [-0.1, -0.05) is 26.0 Å². The van der Waals surface area contributed by atoms with Gasteiger partial charge in [0.15, 0.2) is 0 Å². The predicted octanol–water partition coefficient (Wildman–Crippen LogP) is 2.98.